The molecule has 23 heteroatoms. The highest BCUT2D eigenvalue weighted by Gasteiger charge is 2.32. The fourth-order valence-corrected chi connectivity index (χ4v) is 8.27. The van der Waals surface area contributed by atoms with Crippen molar-refractivity contribution in [3.63, 3.8) is 0 Å². The molecular formula is C51H54F4N2O15S2. The molecule has 0 bridgehead atoms. The smallest absolute Gasteiger partial charge is 0.495 e. The van der Waals surface area contributed by atoms with Gasteiger partial charge in [0.25, 0.3) is 18.2 Å². The Kier molecular flexibility index (Phi) is 24.8. The van der Waals surface area contributed by atoms with E-state index in [1.807, 2.05) is 0 Å². The molecule has 0 aromatic heterocycles. The highest BCUT2D eigenvalue weighted by atomic mass is 32.2. The summed E-state index contributed by atoms with van der Waals surface area (Å²) in [7, 11) is 4.31. The van der Waals surface area contributed by atoms with E-state index in [1.54, 1.807) is 79.7 Å². The van der Waals surface area contributed by atoms with Gasteiger partial charge in [-0.2, -0.15) is 0 Å². The molecule has 0 aliphatic carbocycles. The second kappa shape index (κ2) is 30.8. The van der Waals surface area contributed by atoms with Gasteiger partial charge in [-0.05, 0) is 78.9 Å². The summed E-state index contributed by atoms with van der Waals surface area (Å²) in [6, 6.07) is 25.4. The maximum Gasteiger partial charge on any atom is 0.573 e. The quantitative estimate of drug-likeness (QED) is 0.0296. The zero-order valence-electron chi connectivity index (χ0n) is 40.7. The maximum absolute atomic E-state index is 14.5. The van der Waals surface area contributed by atoms with Crippen molar-refractivity contribution >= 4 is 59.1 Å². The van der Waals surface area contributed by atoms with Crippen LogP contribution in [0, 0.1) is 5.82 Å². The van der Waals surface area contributed by atoms with Gasteiger partial charge in [-0.1, -0.05) is 85.0 Å². The molecule has 1 aliphatic rings. The van der Waals surface area contributed by atoms with Crippen LogP contribution in [-0.2, 0) is 65.2 Å². The van der Waals surface area contributed by atoms with Gasteiger partial charge in [0.05, 0.1) is 24.7 Å². The molecule has 4 aromatic rings. The van der Waals surface area contributed by atoms with Crippen LogP contribution in [-0.4, -0.2) is 100 Å². The SMILES string of the molecule is CC/C(OC=O)=C(\COC(COc1ccc(CC(SC=O)C(=O)NC)cc1)c1ccccc1F)OC.CO/C(COC(COc1ccc(CC2SC(=O)NC2=O)cc1)c1cccc(OC(F)(F)F)c1)=C(/C)OC=O. The van der Waals surface area contributed by atoms with E-state index in [9.17, 15) is 46.3 Å². The summed E-state index contributed by atoms with van der Waals surface area (Å²) >= 11 is 1.85. The number of imide groups is 1. The molecule has 398 valence electrons. The van der Waals surface area contributed by atoms with Crippen molar-refractivity contribution in [2.45, 2.75) is 62.2 Å². The average molecular weight is 1080 g/mol. The second-order valence-corrected chi connectivity index (χ2v) is 17.5. The molecule has 1 heterocycles. The third kappa shape index (κ3) is 19.7. The highest BCUT2D eigenvalue weighted by molar-refractivity contribution is 8.15. The molecule has 3 amide bonds. The summed E-state index contributed by atoms with van der Waals surface area (Å²) in [5.74, 6) is 0.497. The number of hydrogen-bond acceptors (Lipinski definition) is 17. The number of amides is 3. The molecule has 4 atom stereocenters. The minimum Gasteiger partial charge on any atom is -0.495 e. The van der Waals surface area contributed by atoms with E-state index in [0.717, 1.165) is 40.7 Å². The first-order valence-corrected chi connectivity index (χ1v) is 24.2. The monoisotopic (exact) mass is 1070 g/mol. The average Bonchev–Trinajstić information content (AvgIpc) is 3.70. The van der Waals surface area contributed by atoms with Crippen LogP contribution in [0.2, 0.25) is 0 Å². The molecule has 74 heavy (non-hydrogen) atoms. The summed E-state index contributed by atoms with van der Waals surface area (Å²) in [6.07, 6.45) is -5.39. The number of rotatable bonds is 29. The number of nitrogens with one attached hydrogen (secondary N) is 2. The second-order valence-electron chi connectivity index (χ2n) is 15.3. The summed E-state index contributed by atoms with van der Waals surface area (Å²) in [4.78, 5) is 67.3. The van der Waals surface area contributed by atoms with Gasteiger partial charge in [0.2, 0.25) is 11.8 Å². The van der Waals surface area contributed by atoms with Gasteiger partial charge in [-0.25, -0.2) is 4.39 Å². The van der Waals surface area contributed by atoms with E-state index in [-0.39, 0.29) is 61.5 Å². The Morgan fingerprint density at radius 2 is 1.39 bits per heavy atom. The van der Waals surface area contributed by atoms with Gasteiger partial charge in [0.1, 0.15) is 73.2 Å². The third-order valence-electron chi connectivity index (χ3n) is 10.5. The Bertz CT molecular complexity index is 2550. The van der Waals surface area contributed by atoms with E-state index in [2.05, 4.69) is 15.4 Å². The number of thioether (sulfide) groups is 2. The first-order valence-electron chi connectivity index (χ1n) is 22.3. The molecule has 0 saturated carbocycles. The fraction of sp³-hybridized carbons (Fsp3) is 0.333. The number of carbonyl (C=O) groups is 6. The molecular weight excluding hydrogens is 1020 g/mol. The predicted molar refractivity (Wildman–Crippen MR) is 264 cm³/mol. The van der Waals surface area contributed by atoms with Crippen molar-refractivity contribution in [2.24, 2.45) is 0 Å². The van der Waals surface area contributed by atoms with Crippen molar-refractivity contribution in [1.29, 1.82) is 0 Å². The number of carbonyl (C=O) groups excluding carboxylic acids is 6. The van der Waals surface area contributed by atoms with Crippen LogP contribution >= 0.6 is 23.5 Å². The molecule has 1 aliphatic heterocycles. The Balaban J connectivity index is 0.000000321. The van der Waals surface area contributed by atoms with E-state index >= 15 is 0 Å². The number of benzene rings is 4. The van der Waals surface area contributed by atoms with Crippen molar-refractivity contribution in [3.05, 3.63) is 148 Å². The molecule has 4 aromatic carbocycles. The first kappa shape index (κ1) is 59.5. The number of hydrogen-bond donors (Lipinski definition) is 2. The number of alkyl halides is 3. The minimum absolute atomic E-state index is 0.00483. The summed E-state index contributed by atoms with van der Waals surface area (Å²) in [5, 5.41) is 3.37. The van der Waals surface area contributed by atoms with Gasteiger partial charge in [0.15, 0.2) is 17.1 Å². The zero-order valence-corrected chi connectivity index (χ0v) is 42.3. The Labute approximate surface area is 432 Å². The fourth-order valence-electron chi connectivity index (χ4n) is 6.74. The lowest BCUT2D eigenvalue weighted by Crippen LogP contribution is -2.31. The minimum atomic E-state index is -4.87. The van der Waals surface area contributed by atoms with Crippen molar-refractivity contribution in [2.75, 3.05) is 47.7 Å². The predicted octanol–water partition coefficient (Wildman–Crippen LogP) is 8.65. The molecule has 4 unspecified atom stereocenters. The van der Waals surface area contributed by atoms with Gasteiger partial charge in [0, 0.05) is 19.0 Å². The van der Waals surface area contributed by atoms with Crippen LogP contribution in [0.15, 0.2) is 120 Å². The summed E-state index contributed by atoms with van der Waals surface area (Å²) in [5.41, 5.74) is 2.95. The molecule has 1 saturated heterocycles. The zero-order chi connectivity index (χ0) is 54.0. The standard InChI is InChI=1S/C26H30FNO7S.C25H24F3NO8S/c1-4-22(35-16-29)24(32-3)15-34-23(20-7-5-6-8-21(20)27)14-33-19-11-9-18(10-12-19)13-25(36-17-30)26(31)28-2;1-15(36-14-30)20(33-2)12-35-21(17-4-3-5-19(11-17)37-25(26,27)28)13-34-18-8-6-16(7-9-18)10-22-23(31)29-24(32)38-22/h5-12,16-17,23,25H,4,13-15H2,1-3H3,(H,28,31);3-9,11,14,21-22H,10,12-13H2,1-2H3,(H,29,31,32)/b24-22-;20-15-. The number of ether oxygens (including phenoxy) is 9. The van der Waals surface area contributed by atoms with Crippen LogP contribution in [0.3, 0.4) is 0 Å². The lowest BCUT2D eigenvalue weighted by molar-refractivity contribution is -0.274. The number of halogens is 4. The highest BCUT2D eigenvalue weighted by Crippen LogP contribution is 2.30. The van der Waals surface area contributed by atoms with Crippen LogP contribution < -0.4 is 24.8 Å². The van der Waals surface area contributed by atoms with Crippen molar-refractivity contribution in [3.8, 4) is 17.2 Å². The molecule has 0 spiro atoms. The van der Waals surface area contributed by atoms with Crippen molar-refractivity contribution in [1.82, 2.24) is 10.6 Å². The topological polar surface area (TPSA) is 210 Å². The van der Waals surface area contributed by atoms with E-state index < -0.39 is 40.6 Å². The van der Waals surface area contributed by atoms with Crippen LogP contribution in [0.5, 0.6) is 17.2 Å². The first-order chi connectivity index (χ1) is 35.5. The van der Waals surface area contributed by atoms with Crippen LogP contribution in [0.1, 0.15) is 54.7 Å². The lowest BCUT2D eigenvalue weighted by atomic mass is 10.1. The third-order valence-corrected chi connectivity index (χ3v) is 12.3. The largest absolute Gasteiger partial charge is 0.573 e. The van der Waals surface area contributed by atoms with Crippen LogP contribution in [0.25, 0.3) is 0 Å². The van der Waals surface area contributed by atoms with E-state index in [4.69, 9.17) is 37.9 Å². The van der Waals surface area contributed by atoms with Gasteiger partial charge < -0.3 is 47.9 Å². The molecule has 2 N–H and O–H groups in total. The Morgan fingerprint density at radius 1 is 0.784 bits per heavy atom. The Hall–Kier alpha value is -7.08. The summed E-state index contributed by atoms with van der Waals surface area (Å²) < 4.78 is 100. The number of methoxy groups -OCH3 is 2. The normalized spacial score (nSPS) is 15.0. The maximum atomic E-state index is 14.5. The van der Waals surface area contributed by atoms with Gasteiger partial charge in [-0.15, -0.1) is 13.2 Å². The van der Waals surface area contributed by atoms with E-state index in [0.29, 0.717) is 65.5 Å². The van der Waals surface area contributed by atoms with E-state index in [1.165, 1.54) is 46.4 Å². The lowest BCUT2D eigenvalue weighted by Gasteiger charge is -2.21. The molecule has 17 nitrogen and oxygen atoms in total. The molecule has 0 radical (unpaired) electrons. The van der Waals surface area contributed by atoms with Crippen molar-refractivity contribution < 1.29 is 89.0 Å². The molecule has 1 fully saturated rings. The van der Waals surface area contributed by atoms with Gasteiger partial charge >= 0.3 is 6.36 Å². The van der Waals surface area contributed by atoms with Crippen LogP contribution in [0.4, 0.5) is 22.4 Å². The van der Waals surface area contributed by atoms with Gasteiger partial charge in [-0.3, -0.25) is 34.1 Å². The summed E-state index contributed by atoms with van der Waals surface area (Å²) in [6.45, 7) is 3.49. The Morgan fingerprint density at radius 3 is 1.95 bits per heavy atom. The number of allylic oxidation sites excluding steroid dienone is 2. The molecule has 5 rings (SSSR count).